The van der Waals surface area contributed by atoms with Gasteiger partial charge in [-0.2, -0.15) is 0 Å². The molecule has 4 rings (SSSR count). The van der Waals surface area contributed by atoms with Crippen molar-refractivity contribution >= 4 is 17.9 Å². The molecule has 1 saturated carbocycles. The van der Waals surface area contributed by atoms with E-state index in [9.17, 15) is 9.59 Å². The summed E-state index contributed by atoms with van der Waals surface area (Å²) in [6.45, 7) is 0. The lowest BCUT2D eigenvalue weighted by atomic mass is 10.1. The number of hydrogen-bond donors (Lipinski definition) is 1. The first-order valence-electron chi connectivity index (χ1n) is 10.7. The molecule has 3 aromatic rings. The summed E-state index contributed by atoms with van der Waals surface area (Å²) in [5.41, 5.74) is 3.21. The van der Waals surface area contributed by atoms with E-state index in [1.54, 1.807) is 18.5 Å². The van der Waals surface area contributed by atoms with Crippen LogP contribution in [0.4, 0.5) is 10.6 Å². The highest BCUT2D eigenvalue weighted by atomic mass is 16.6. The number of nitrogens with one attached hydrogen (secondary N) is 1. The van der Waals surface area contributed by atoms with Gasteiger partial charge in [-0.05, 0) is 62.1 Å². The SMILES string of the molecule is COC(=O)c1cc(NC(=O)OC2CCCC2)nc(-c2ccc(C#Cc3cccnc3)cc2)c1. The third kappa shape index (κ3) is 5.95. The number of methoxy groups -OCH3 is 1. The number of benzene rings is 1. The van der Waals surface area contributed by atoms with Gasteiger partial charge in [0, 0.05) is 29.1 Å². The van der Waals surface area contributed by atoms with Gasteiger partial charge < -0.3 is 9.47 Å². The number of pyridine rings is 2. The van der Waals surface area contributed by atoms with E-state index in [0.29, 0.717) is 5.69 Å². The summed E-state index contributed by atoms with van der Waals surface area (Å²) < 4.78 is 10.3. The number of hydrogen-bond acceptors (Lipinski definition) is 6. The van der Waals surface area contributed by atoms with Crippen LogP contribution in [0.1, 0.15) is 47.2 Å². The lowest BCUT2D eigenvalue weighted by Crippen LogP contribution is -2.21. The number of carbonyl (C=O) groups excluding carboxylic acids is 2. The first-order chi connectivity index (χ1) is 16.1. The molecular weight excluding hydrogens is 418 g/mol. The molecule has 2 aromatic heterocycles. The van der Waals surface area contributed by atoms with E-state index in [1.807, 2.05) is 36.4 Å². The van der Waals surface area contributed by atoms with Crippen LogP contribution in [0.5, 0.6) is 0 Å². The minimum absolute atomic E-state index is 0.0754. The molecule has 7 nitrogen and oxygen atoms in total. The summed E-state index contributed by atoms with van der Waals surface area (Å²) in [4.78, 5) is 33.0. The Hall–Kier alpha value is -4.18. The van der Waals surface area contributed by atoms with Crippen LogP contribution in [0.2, 0.25) is 0 Å². The lowest BCUT2D eigenvalue weighted by molar-refractivity contribution is 0.0600. The monoisotopic (exact) mass is 441 g/mol. The van der Waals surface area contributed by atoms with Gasteiger partial charge >= 0.3 is 12.1 Å². The van der Waals surface area contributed by atoms with Gasteiger partial charge in [0.15, 0.2) is 0 Å². The average molecular weight is 441 g/mol. The van der Waals surface area contributed by atoms with Gasteiger partial charge in [0.25, 0.3) is 0 Å². The van der Waals surface area contributed by atoms with Crippen LogP contribution >= 0.6 is 0 Å². The number of esters is 1. The summed E-state index contributed by atoms with van der Waals surface area (Å²) in [6, 6.07) is 14.3. The summed E-state index contributed by atoms with van der Waals surface area (Å²) in [5, 5.41) is 2.64. The van der Waals surface area contributed by atoms with Crippen LogP contribution in [0, 0.1) is 11.8 Å². The third-order valence-electron chi connectivity index (χ3n) is 5.25. The van der Waals surface area contributed by atoms with Crippen molar-refractivity contribution in [1.29, 1.82) is 0 Å². The van der Waals surface area contributed by atoms with Crippen LogP contribution in [0.15, 0.2) is 60.9 Å². The van der Waals surface area contributed by atoms with Gasteiger partial charge in [-0.1, -0.05) is 24.0 Å². The maximum Gasteiger partial charge on any atom is 0.413 e. The first-order valence-corrected chi connectivity index (χ1v) is 10.7. The van der Waals surface area contributed by atoms with E-state index in [0.717, 1.165) is 42.4 Å². The number of nitrogens with zero attached hydrogens (tertiary/aromatic N) is 2. The van der Waals surface area contributed by atoms with Crippen molar-refractivity contribution in [2.75, 3.05) is 12.4 Å². The largest absolute Gasteiger partial charge is 0.465 e. The molecule has 1 amide bonds. The summed E-state index contributed by atoms with van der Waals surface area (Å²) in [5.74, 6) is 5.85. The Morgan fingerprint density at radius 3 is 2.48 bits per heavy atom. The van der Waals surface area contributed by atoms with Crippen molar-refractivity contribution in [2.24, 2.45) is 0 Å². The Labute approximate surface area is 192 Å². The second-order valence-corrected chi connectivity index (χ2v) is 7.62. The highest BCUT2D eigenvalue weighted by Gasteiger charge is 2.20. The van der Waals surface area contributed by atoms with E-state index in [2.05, 4.69) is 27.1 Å². The van der Waals surface area contributed by atoms with Crippen molar-refractivity contribution in [3.8, 4) is 23.1 Å². The number of amides is 1. The van der Waals surface area contributed by atoms with Crippen molar-refractivity contribution in [3.63, 3.8) is 0 Å². The van der Waals surface area contributed by atoms with E-state index >= 15 is 0 Å². The Balaban J connectivity index is 1.55. The molecule has 2 heterocycles. The van der Waals surface area contributed by atoms with Crippen LogP contribution in [-0.2, 0) is 9.47 Å². The quantitative estimate of drug-likeness (QED) is 0.461. The number of ether oxygens (including phenoxy) is 2. The Kier molecular flexibility index (Phi) is 6.96. The van der Waals surface area contributed by atoms with E-state index in [1.165, 1.54) is 13.2 Å². The van der Waals surface area contributed by atoms with Gasteiger partial charge in [0.2, 0.25) is 0 Å². The molecule has 0 saturated heterocycles. The third-order valence-corrected chi connectivity index (χ3v) is 5.25. The van der Waals surface area contributed by atoms with Crippen LogP contribution in [-0.4, -0.2) is 35.2 Å². The smallest absolute Gasteiger partial charge is 0.413 e. The summed E-state index contributed by atoms with van der Waals surface area (Å²) in [6.07, 6.45) is 6.59. The predicted octanol–water partition coefficient (Wildman–Crippen LogP) is 4.82. The van der Waals surface area contributed by atoms with E-state index in [-0.39, 0.29) is 17.5 Å². The Morgan fingerprint density at radius 1 is 1.03 bits per heavy atom. The summed E-state index contributed by atoms with van der Waals surface area (Å²) in [7, 11) is 1.31. The zero-order chi connectivity index (χ0) is 23.0. The highest BCUT2D eigenvalue weighted by Crippen LogP contribution is 2.24. The van der Waals surface area contributed by atoms with Gasteiger partial charge in [0.05, 0.1) is 18.4 Å². The van der Waals surface area contributed by atoms with Gasteiger partial charge in [-0.25, -0.2) is 14.6 Å². The molecule has 1 aliphatic carbocycles. The minimum atomic E-state index is -0.580. The van der Waals surface area contributed by atoms with Crippen molar-refractivity contribution in [3.05, 3.63) is 77.6 Å². The summed E-state index contributed by atoms with van der Waals surface area (Å²) >= 11 is 0. The number of anilines is 1. The van der Waals surface area contributed by atoms with Gasteiger partial charge in [-0.3, -0.25) is 10.3 Å². The second-order valence-electron chi connectivity index (χ2n) is 7.62. The van der Waals surface area contributed by atoms with Crippen LogP contribution < -0.4 is 5.32 Å². The molecule has 0 atom stereocenters. The van der Waals surface area contributed by atoms with Gasteiger partial charge in [0.1, 0.15) is 11.9 Å². The number of aromatic nitrogens is 2. The van der Waals surface area contributed by atoms with E-state index in [4.69, 9.17) is 9.47 Å². The van der Waals surface area contributed by atoms with Crippen LogP contribution in [0.25, 0.3) is 11.3 Å². The Bertz CT molecular complexity index is 1190. The molecule has 0 unspecified atom stereocenters. The second kappa shape index (κ2) is 10.4. The molecule has 1 N–H and O–H groups in total. The Morgan fingerprint density at radius 2 is 1.79 bits per heavy atom. The molecule has 0 spiro atoms. The fourth-order valence-corrected chi connectivity index (χ4v) is 3.58. The molecule has 1 aliphatic rings. The first kappa shape index (κ1) is 22.0. The normalized spacial score (nSPS) is 13.0. The van der Waals surface area contributed by atoms with E-state index < -0.39 is 12.1 Å². The predicted molar refractivity (Wildman–Crippen MR) is 124 cm³/mol. The molecule has 0 radical (unpaired) electrons. The standard InChI is InChI=1S/C26H23N3O4/c1-32-25(30)21-15-23(28-24(16-21)29-26(31)33-22-6-2-3-7-22)20-12-10-18(11-13-20)8-9-19-5-4-14-27-17-19/h4-5,10-17,22H,2-3,6-7H2,1H3,(H,28,29,31). The molecule has 1 fully saturated rings. The molecule has 0 bridgehead atoms. The number of rotatable bonds is 4. The molecule has 1 aromatic carbocycles. The maximum atomic E-state index is 12.3. The van der Waals surface area contributed by atoms with Gasteiger partial charge in [-0.15, -0.1) is 0 Å². The molecule has 33 heavy (non-hydrogen) atoms. The van der Waals surface area contributed by atoms with Crippen molar-refractivity contribution in [2.45, 2.75) is 31.8 Å². The number of carbonyl (C=O) groups is 2. The fourth-order valence-electron chi connectivity index (χ4n) is 3.58. The average Bonchev–Trinajstić information content (AvgIpc) is 3.36. The van der Waals surface area contributed by atoms with Crippen molar-refractivity contribution < 1.29 is 19.1 Å². The zero-order valence-electron chi connectivity index (χ0n) is 18.2. The van der Waals surface area contributed by atoms with Crippen LogP contribution in [0.3, 0.4) is 0 Å². The lowest BCUT2D eigenvalue weighted by Gasteiger charge is -2.13. The molecule has 0 aliphatic heterocycles. The van der Waals surface area contributed by atoms with Crippen molar-refractivity contribution in [1.82, 2.24) is 9.97 Å². The molecular formula is C26H23N3O4. The minimum Gasteiger partial charge on any atom is -0.465 e. The highest BCUT2D eigenvalue weighted by molar-refractivity contribution is 5.93. The maximum absolute atomic E-state index is 12.3. The molecule has 166 valence electrons. The topological polar surface area (TPSA) is 90.4 Å². The molecule has 7 heteroatoms. The fraction of sp³-hybridized carbons (Fsp3) is 0.231. The zero-order valence-corrected chi connectivity index (χ0v) is 18.2.